The van der Waals surface area contributed by atoms with E-state index in [1.54, 1.807) is 6.08 Å². The van der Waals surface area contributed by atoms with Crippen molar-refractivity contribution in [2.45, 2.75) is 418 Å². The standard InChI is InChI=1S/C75H143NO5/c1-3-5-7-9-11-13-15-17-18-38-42-45-49-53-57-61-65-69-75(80)81-70-66-62-58-54-50-46-43-40-37-35-33-31-29-27-25-23-21-19-20-22-24-26-28-30-32-34-36-39-41-44-48-52-56-60-64-68-74(79)76-72(71-77)73(78)67-63-59-55-51-47-16-14-12-10-8-6-4-2/h21,23,27,29,63,67,72-73,77-78H,3-20,22,24-26,28,30-62,64-66,68-71H2,1-2H3,(H,76,79)/b23-21-,29-27-,67-63+. The maximum absolute atomic E-state index is 12.5. The van der Waals surface area contributed by atoms with Gasteiger partial charge in [0.05, 0.1) is 25.4 Å². The second-order valence-electron chi connectivity index (χ2n) is 25.3. The van der Waals surface area contributed by atoms with Gasteiger partial charge in [-0.1, -0.05) is 365 Å². The Labute approximate surface area is 506 Å². The van der Waals surface area contributed by atoms with Crippen LogP contribution < -0.4 is 5.32 Å². The highest BCUT2D eigenvalue weighted by molar-refractivity contribution is 5.76. The first-order valence-electron chi connectivity index (χ1n) is 36.8. The van der Waals surface area contributed by atoms with Crippen LogP contribution in [-0.2, 0) is 14.3 Å². The number of hydrogen-bond acceptors (Lipinski definition) is 5. The molecule has 2 atom stereocenters. The predicted molar refractivity (Wildman–Crippen MR) is 356 cm³/mol. The molecule has 0 fully saturated rings. The quantitative estimate of drug-likeness (QED) is 0.0320. The fourth-order valence-corrected chi connectivity index (χ4v) is 11.6. The first kappa shape index (κ1) is 79.1. The topological polar surface area (TPSA) is 95.9 Å². The van der Waals surface area contributed by atoms with E-state index >= 15 is 0 Å². The number of aliphatic hydroxyl groups is 2. The Morgan fingerprint density at radius 3 is 0.938 bits per heavy atom. The number of nitrogens with one attached hydrogen (secondary N) is 1. The van der Waals surface area contributed by atoms with Crippen molar-refractivity contribution in [3.63, 3.8) is 0 Å². The minimum atomic E-state index is -0.842. The fourth-order valence-electron chi connectivity index (χ4n) is 11.6. The summed E-state index contributed by atoms with van der Waals surface area (Å²) in [5.41, 5.74) is 0. The molecule has 1 amide bonds. The van der Waals surface area contributed by atoms with Crippen molar-refractivity contribution in [2.24, 2.45) is 0 Å². The van der Waals surface area contributed by atoms with E-state index in [4.69, 9.17) is 4.74 Å². The number of esters is 1. The molecule has 3 N–H and O–H groups in total. The molecule has 6 nitrogen and oxygen atoms in total. The Kier molecular flexibility index (Phi) is 68.9. The van der Waals surface area contributed by atoms with E-state index < -0.39 is 12.1 Å². The largest absolute Gasteiger partial charge is 0.466 e. The van der Waals surface area contributed by atoms with Crippen LogP contribution in [0.15, 0.2) is 36.5 Å². The molecular weight excluding hydrogens is 995 g/mol. The fraction of sp³-hybridized carbons (Fsp3) is 0.893. The third-order valence-electron chi connectivity index (χ3n) is 17.2. The number of carbonyl (C=O) groups excluding carboxylic acids is 2. The first-order chi connectivity index (χ1) is 40.0. The third kappa shape index (κ3) is 67.1. The van der Waals surface area contributed by atoms with Crippen LogP contribution in [0.3, 0.4) is 0 Å². The Morgan fingerprint density at radius 1 is 0.346 bits per heavy atom. The van der Waals surface area contributed by atoms with E-state index in [0.29, 0.717) is 19.4 Å². The summed E-state index contributed by atoms with van der Waals surface area (Å²) < 4.78 is 5.51. The van der Waals surface area contributed by atoms with Gasteiger partial charge in [-0.2, -0.15) is 0 Å². The van der Waals surface area contributed by atoms with Gasteiger partial charge in [-0.05, 0) is 64.2 Å². The van der Waals surface area contributed by atoms with Gasteiger partial charge in [0.25, 0.3) is 0 Å². The predicted octanol–water partition coefficient (Wildman–Crippen LogP) is 23.9. The summed E-state index contributed by atoms with van der Waals surface area (Å²) in [6.07, 6.45) is 91.1. The average molecular weight is 1140 g/mol. The second kappa shape index (κ2) is 70.6. The minimum Gasteiger partial charge on any atom is -0.466 e. The summed E-state index contributed by atoms with van der Waals surface area (Å²) in [4.78, 5) is 24.6. The van der Waals surface area contributed by atoms with E-state index in [0.717, 1.165) is 44.9 Å². The average Bonchev–Trinajstić information content (AvgIpc) is 3.47. The number of ether oxygens (including phenoxy) is 1. The number of carbonyl (C=O) groups is 2. The van der Waals surface area contributed by atoms with Gasteiger partial charge >= 0.3 is 5.97 Å². The second-order valence-corrected chi connectivity index (χ2v) is 25.3. The van der Waals surface area contributed by atoms with E-state index in [9.17, 15) is 19.8 Å². The van der Waals surface area contributed by atoms with Crippen molar-refractivity contribution in [2.75, 3.05) is 13.2 Å². The van der Waals surface area contributed by atoms with Gasteiger partial charge in [0, 0.05) is 12.8 Å². The number of aliphatic hydroxyl groups excluding tert-OH is 2. The molecule has 0 aromatic carbocycles. The molecule has 0 aliphatic heterocycles. The SMILES string of the molecule is CCCCCCCCCCCC/C=C/C(O)C(CO)NC(=O)CCCCCCCCCCCCCCCCCCC/C=C\C/C=C\CCCCCCCCCCCCCOC(=O)CCCCCCCCCCCCCCCCCCC. The zero-order valence-corrected chi connectivity index (χ0v) is 54.8. The Morgan fingerprint density at radius 2 is 0.617 bits per heavy atom. The van der Waals surface area contributed by atoms with Crippen LogP contribution in [0.4, 0.5) is 0 Å². The summed E-state index contributed by atoms with van der Waals surface area (Å²) in [5, 5.41) is 23.1. The van der Waals surface area contributed by atoms with Crippen molar-refractivity contribution >= 4 is 11.9 Å². The van der Waals surface area contributed by atoms with Gasteiger partial charge < -0.3 is 20.3 Å². The highest BCUT2D eigenvalue weighted by Gasteiger charge is 2.18. The monoisotopic (exact) mass is 1140 g/mol. The Hall–Kier alpha value is -1.92. The van der Waals surface area contributed by atoms with Crippen molar-refractivity contribution in [1.82, 2.24) is 5.32 Å². The highest BCUT2D eigenvalue weighted by Crippen LogP contribution is 2.19. The molecule has 6 heteroatoms. The van der Waals surface area contributed by atoms with Gasteiger partial charge in [-0.25, -0.2) is 0 Å². The molecule has 0 saturated carbocycles. The smallest absolute Gasteiger partial charge is 0.305 e. The molecule has 2 unspecified atom stereocenters. The van der Waals surface area contributed by atoms with Crippen molar-refractivity contribution in [3.8, 4) is 0 Å². The first-order valence-corrected chi connectivity index (χ1v) is 36.8. The van der Waals surface area contributed by atoms with Gasteiger partial charge in [-0.3, -0.25) is 9.59 Å². The van der Waals surface area contributed by atoms with Gasteiger partial charge in [0.15, 0.2) is 0 Å². The van der Waals surface area contributed by atoms with Gasteiger partial charge in [0.2, 0.25) is 5.91 Å². The van der Waals surface area contributed by atoms with E-state index in [2.05, 4.69) is 43.5 Å². The lowest BCUT2D eigenvalue weighted by molar-refractivity contribution is -0.143. The number of unbranched alkanes of at least 4 members (excludes halogenated alkanes) is 54. The lowest BCUT2D eigenvalue weighted by Gasteiger charge is -2.20. The molecule has 0 heterocycles. The third-order valence-corrected chi connectivity index (χ3v) is 17.2. The van der Waals surface area contributed by atoms with Crippen LogP contribution in [0.25, 0.3) is 0 Å². The summed E-state index contributed by atoms with van der Waals surface area (Å²) >= 11 is 0. The van der Waals surface area contributed by atoms with Crippen LogP contribution in [0, 0.1) is 0 Å². The van der Waals surface area contributed by atoms with E-state index in [1.165, 1.54) is 334 Å². The maximum atomic E-state index is 12.5. The van der Waals surface area contributed by atoms with Crippen LogP contribution in [0.5, 0.6) is 0 Å². The zero-order chi connectivity index (χ0) is 58.5. The molecule has 0 bridgehead atoms. The number of rotatable bonds is 69. The van der Waals surface area contributed by atoms with Crippen LogP contribution >= 0.6 is 0 Å². The molecular formula is C75H143NO5. The summed E-state index contributed by atoms with van der Waals surface area (Å²) in [5.74, 6) is -0.0438. The number of hydrogen-bond donors (Lipinski definition) is 3. The van der Waals surface area contributed by atoms with E-state index in [1.807, 2.05) is 6.08 Å². The molecule has 0 radical (unpaired) electrons. The Balaban J connectivity index is 3.35. The molecule has 0 aromatic rings. The summed E-state index contributed by atoms with van der Waals surface area (Å²) in [7, 11) is 0. The number of amides is 1. The highest BCUT2D eigenvalue weighted by atomic mass is 16.5. The summed E-state index contributed by atoms with van der Waals surface area (Å²) in [6.45, 7) is 4.93. The molecule has 81 heavy (non-hydrogen) atoms. The minimum absolute atomic E-state index is 0.0210. The van der Waals surface area contributed by atoms with Crippen LogP contribution in [0.2, 0.25) is 0 Å². The van der Waals surface area contributed by atoms with Crippen molar-refractivity contribution in [1.29, 1.82) is 0 Å². The van der Waals surface area contributed by atoms with Crippen molar-refractivity contribution in [3.05, 3.63) is 36.5 Å². The lowest BCUT2D eigenvalue weighted by atomic mass is 10.0. The van der Waals surface area contributed by atoms with Crippen LogP contribution in [0.1, 0.15) is 406 Å². The van der Waals surface area contributed by atoms with Gasteiger partial charge in [0.1, 0.15) is 0 Å². The molecule has 0 aliphatic carbocycles. The maximum Gasteiger partial charge on any atom is 0.305 e. The number of allylic oxidation sites excluding steroid dienone is 5. The molecule has 0 saturated heterocycles. The molecule has 0 aliphatic rings. The molecule has 0 spiro atoms. The van der Waals surface area contributed by atoms with E-state index in [-0.39, 0.29) is 18.5 Å². The Bertz CT molecular complexity index is 1310. The molecule has 478 valence electrons. The molecule has 0 rings (SSSR count). The van der Waals surface area contributed by atoms with Crippen molar-refractivity contribution < 1.29 is 24.5 Å². The normalized spacial score (nSPS) is 12.7. The van der Waals surface area contributed by atoms with Gasteiger partial charge in [-0.15, -0.1) is 0 Å². The zero-order valence-electron chi connectivity index (χ0n) is 54.8. The lowest BCUT2D eigenvalue weighted by Crippen LogP contribution is -2.45. The summed E-state index contributed by atoms with van der Waals surface area (Å²) in [6, 6.07) is -0.625. The molecule has 0 aromatic heterocycles. The van der Waals surface area contributed by atoms with Crippen LogP contribution in [-0.4, -0.2) is 47.4 Å².